The highest BCUT2D eigenvalue weighted by Gasteiger charge is 2.42. The molecule has 2 unspecified atom stereocenters. The lowest BCUT2D eigenvalue weighted by Gasteiger charge is -2.32. The molecule has 1 aliphatic carbocycles. The van der Waals surface area contributed by atoms with Gasteiger partial charge in [0.15, 0.2) is 29.9 Å². The van der Waals surface area contributed by atoms with Crippen LogP contribution in [0.15, 0.2) is 59.6 Å². The van der Waals surface area contributed by atoms with Gasteiger partial charge in [-0.15, -0.1) is 0 Å². The summed E-state index contributed by atoms with van der Waals surface area (Å²) < 4.78 is 22.2. The van der Waals surface area contributed by atoms with Crippen LogP contribution in [-0.4, -0.2) is 208 Å². The summed E-state index contributed by atoms with van der Waals surface area (Å²) in [6.07, 6.45) is -0.357. The summed E-state index contributed by atoms with van der Waals surface area (Å²) in [4.78, 5) is 79.8. The molecular formula is C38H52N6O17. The number of nitrogens with zero attached hydrogens (tertiary/aromatic N) is 4. The number of aliphatic hydroxyl groups is 3. The number of hydrogen-bond donors (Lipinski definition) is 9. The zero-order chi connectivity index (χ0) is 44.5. The van der Waals surface area contributed by atoms with Gasteiger partial charge in [-0.05, 0) is 24.3 Å². The van der Waals surface area contributed by atoms with Crippen LogP contribution in [0.5, 0.6) is 11.5 Å². The molecule has 1 aromatic rings. The number of carbonyl (C=O) groups is 6. The molecule has 23 nitrogen and oxygen atoms in total. The standard InChI is InChI=1S/C38H52N6O17/c45-16-5-27(58-23-59-29-18-28-35(37(56)36(29)55)26(47)17-34(61-28)60-25-3-1-24(46)2-4-25)38(57)40-7-6-39-30(48)19-41-8-10-42(20-31(49)50)12-14-44(22-33(53)54)15-13-43(11-9-41)21-32(51)52/h1-4,17-18,27-28,35,45-46,55-56H,5-16,19-23H2,(H,39,48)(H,40,57)(H,49,50)(H,51,52)(H,53,54)/t27-,28?,35?/m0/s1. The molecule has 0 radical (unpaired) electrons. The number of carboxylic acid groups (broad SMARTS) is 3. The van der Waals surface area contributed by atoms with Crippen LogP contribution in [0.3, 0.4) is 0 Å². The van der Waals surface area contributed by atoms with Crippen molar-refractivity contribution in [2.45, 2.75) is 18.6 Å². The van der Waals surface area contributed by atoms with Crippen LogP contribution in [-0.2, 0) is 43.0 Å². The average Bonchev–Trinajstić information content (AvgIpc) is 3.19. The fourth-order valence-corrected chi connectivity index (χ4v) is 6.46. The lowest BCUT2D eigenvalue weighted by atomic mass is 9.88. The first-order chi connectivity index (χ1) is 29.1. The van der Waals surface area contributed by atoms with Gasteiger partial charge in [0.05, 0.1) is 32.3 Å². The largest absolute Gasteiger partial charge is 0.508 e. The van der Waals surface area contributed by atoms with Gasteiger partial charge in [-0.3, -0.25) is 48.4 Å². The van der Waals surface area contributed by atoms with E-state index in [1.54, 1.807) is 19.6 Å². The second kappa shape index (κ2) is 23.7. The molecule has 2 heterocycles. The van der Waals surface area contributed by atoms with Crippen molar-refractivity contribution in [1.82, 2.24) is 30.2 Å². The number of phenols is 1. The maximum atomic E-state index is 13.0. The first-order valence-electron chi connectivity index (χ1n) is 19.3. The van der Waals surface area contributed by atoms with Crippen LogP contribution < -0.4 is 15.4 Å². The quantitative estimate of drug-likeness (QED) is 0.0499. The highest BCUT2D eigenvalue weighted by molar-refractivity contribution is 5.95. The van der Waals surface area contributed by atoms with E-state index in [2.05, 4.69) is 10.6 Å². The molecule has 1 saturated heterocycles. The van der Waals surface area contributed by atoms with Gasteiger partial charge in [-0.2, -0.15) is 0 Å². The third-order valence-corrected chi connectivity index (χ3v) is 9.58. The van der Waals surface area contributed by atoms with Gasteiger partial charge < -0.3 is 65.3 Å². The van der Waals surface area contributed by atoms with Crippen LogP contribution in [0.4, 0.5) is 0 Å². The highest BCUT2D eigenvalue weighted by atomic mass is 16.7. The monoisotopic (exact) mass is 864 g/mol. The number of aliphatic hydroxyl groups excluding tert-OH is 3. The molecule has 1 fully saturated rings. The third-order valence-electron chi connectivity index (χ3n) is 9.58. The summed E-state index contributed by atoms with van der Waals surface area (Å²) in [7, 11) is 0. The van der Waals surface area contributed by atoms with Crippen LogP contribution in [0.1, 0.15) is 6.42 Å². The summed E-state index contributed by atoms with van der Waals surface area (Å²) in [6, 6.07) is 5.59. The SMILES string of the molecule is O=C(O)CN1CCN(CC(=O)O)CCN(CC(=O)NCCNC(=O)[C@H](CCO)OCOC2=CC3OC(Oc4ccc(O)cc4)=CC(=O)C3C(O)=C2O)CCN(CC(=O)O)CC1. The normalized spacial score (nSPS) is 20.4. The van der Waals surface area contributed by atoms with Crippen molar-refractivity contribution < 1.29 is 83.5 Å². The van der Waals surface area contributed by atoms with E-state index in [9.17, 15) is 64.5 Å². The first-order valence-corrected chi connectivity index (χ1v) is 19.3. The van der Waals surface area contributed by atoms with Gasteiger partial charge in [0, 0.05) is 84.6 Å². The summed E-state index contributed by atoms with van der Waals surface area (Å²) in [5.41, 5.74) is 0. The molecule has 0 bridgehead atoms. The number of carboxylic acids is 3. The Labute approximate surface area is 349 Å². The van der Waals surface area contributed by atoms with Crippen molar-refractivity contribution in [3.8, 4) is 11.5 Å². The number of amides is 2. The molecule has 3 aliphatic rings. The maximum Gasteiger partial charge on any atom is 0.317 e. The molecule has 0 spiro atoms. The summed E-state index contributed by atoms with van der Waals surface area (Å²) >= 11 is 0. The van der Waals surface area contributed by atoms with Crippen molar-refractivity contribution in [1.29, 1.82) is 0 Å². The Morgan fingerprint density at radius 2 is 1.26 bits per heavy atom. The Morgan fingerprint density at radius 3 is 1.77 bits per heavy atom. The lowest BCUT2D eigenvalue weighted by Crippen LogP contribution is -2.50. The number of fused-ring (bicyclic) bond motifs is 1. The van der Waals surface area contributed by atoms with Crippen LogP contribution >= 0.6 is 0 Å². The van der Waals surface area contributed by atoms with Gasteiger partial charge >= 0.3 is 17.9 Å². The molecule has 0 aromatic heterocycles. The predicted octanol–water partition coefficient (Wildman–Crippen LogP) is -2.13. The van der Waals surface area contributed by atoms with E-state index in [-0.39, 0.29) is 121 Å². The average molecular weight is 865 g/mol. The van der Waals surface area contributed by atoms with Crippen molar-refractivity contribution in [2.24, 2.45) is 5.92 Å². The number of rotatable bonds is 20. The van der Waals surface area contributed by atoms with Gasteiger partial charge in [-0.25, -0.2) is 0 Å². The van der Waals surface area contributed by atoms with E-state index in [1.807, 2.05) is 0 Å². The molecule has 23 heteroatoms. The van der Waals surface area contributed by atoms with Gasteiger partial charge in [0.25, 0.3) is 5.95 Å². The van der Waals surface area contributed by atoms with Gasteiger partial charge in [0.2, 0.25) is 11.8 Å². The van der Waals surface area contributed by atoms with E-state index in [4.69, 9.17) is 18.9 Å². The Morgan fingerprint density at radius 1 is 0.754 bits per heavy atom. The molecule has 2 aliphatic heterocycles. The second-order valence-electron chi connectivity index (χ2n) is 14.1. The topological polar surface area (TPSA) is 318 Å². The Hall–Kier alpha value is -5.98. The fourth-order valence-electron chi connectivity index (χ4n) is 6.46. The van der Waals surface area contributed by atoms with E-state index < -0.39 is 78.5 Å². The van der Waals surface area contributed by atoms with Crippen molar-refractivity contribution in [3.05, 3.63) is 59.6 Å². The predicted molar refractivity (Wildman–Crippen MR) is 208 cm³/mol. The number of ketones is 1. The van der Waals surface area contributed by atoms with Crippen LogP contribution in [0.25, 0.3) is 0 Å². The molecule has 3 atom stereocenters. The number of benzene rings is 1. The maximum absolute atomic E-state index is 13.0. The number of carbonyl (C=O) groups excluding carboxylic acids is 3. The zero-order valence-electron chi connectivity index (χ0n) is 33.2. The molecule has 0 saturated carbocycles. The van der Waals surface area contributed by atoms with Crippen LogP contribution in [0, 0.1) is 5.92 Å². The van der Waals surface area contributed by atoms with Crippen molar-refractivity contribution >= 4 is 35.5 Å². The minimum absolute atomic E-state index is 0.00931. The van der Waals surface area contributed by atoms with Crippen LogP contribution in [0.2, 0.25) is 0 Å². The number of aliphatic carboxylic acids is 3. The van der Waals surface area contributed by atoms with E-state index >= 15 is 0 Å². The van der Waals surface area contributed by atoms with E-state index in [0.29, 0.717) is 0 Å². The number of hydrogen-bond acceptors (Lipinski definition) is 18. The second-order valence-corrected chi connectivity index (χ2v) is 14.1. The van der Waals surface area contributed by atoms with Gasteiger partial charge in [0.1, 0.15) is 29.6 Å². The number of phenolic OH excluding ortho intramolecular Hbond substituents is 1. The Bertz CT molecular complexity index is 1770. The molecule has 4 rings (SSSR count). The Kier molecular flexibility index (Phi) is 18.5. The molecule has 1 aromatic carbocycles. The third kappa shape index (κ3) is 15.9. The summed E-state index contributed by atoms with van der Waals surface area (Å²) in [5, 5.41) is 73.7. The fraction of sp³-hybridized carbons (Fsp3) is 0.526. The molecule has 61 heavy (non-hydrogen) atoms. The molecule has 9 N–H and O–H groups in total. The minimum Gasteiger partial charge on any atom is -0.508 e. The number of ether oxygens (including phenoxy) is 4. The number of aromatic hydroxyl groups is 1. The first kappa shape index (κ1) is 47.7. The summed E-state index contributed by atoms with van der Waals surface area (Å²) in [5.74, 6) is -8.05. The lowest BCUT2D eigenvalue weighted by molar-refractivity contribution is -0.143. The van der Waals surface area contributed by atoms with Gasteiger partial charge in [-0.1, -0.05) is 0 Å². The minimum atomic E-state index is -1.30. The molecule has 2 amide bonds. The van der Waals surface area contributed by atoms with Crippen molar-refractivity contribution in [3.63, 3.8) is 0 Å². The van der Waals surface area contributed by atoms with Crippen molar-refractivity contribution in [2.75, 3.05) is 105 Å². The number of allylic oxidation sites excluding steroid dienone is 1. The van der Waals surface area contributed by atoms with E-state index in [0.717, 1.165) is 6.08 Å². The molecule has 336 valence electrons. The Balaban J connectivity index is 1.26. The van der Waals surface area contributed by atoms with E-state index in [1.165, 1.54) is 30.3 Å². The smallest absolute Gasteiger partial charge is 0.317 e. The molecular weight excluding hydrogens is 812 g/mol. The zero-order valence-corrected chi connectivity index (χ0v) is 33.2. The highest BCUT2D eigenvalue weighted by Crippen LogP contribution is 2.35. The summed E-state index contributed by atoms with van der Waals surface area (Å²) in [6.45, 7) is -0.392. The number of nitrogens with one attached hydrogen (secondary N) is 2.